The number of guanidine groups is 1. The van der Waals surface area contributed by atoms with E-state index >= 15 is 0 Å². The number of carbonyl (C=O) groups excluding carboxylic acids is 2. The number of aryl methyl sites for hydroxylation is 1. The van der Waals surface area contributed by atoms with Gasteiger partial charge in [0.25, 0.3) is 0 Å². The summed E-state index contributed by atoms with van der Waals surface area (Å²) in [5.41, 5.74) is 7.83. The molecule has 36 heavy (non-hydrogen) atoms. The van der Waals surface area contributed by atoms with E-state index in [9.17, 15) is 22.8 Å². The van der Waals surface area contributed by atoms with E-state index in [1.165, 1.54) is 7.05 Å². The Morgan fingerprint density at radius 2 is 1.78 bits per heavy atom. The second-order valence-corrected chi connectivity index (χ2v) is 9.57. The summed E-state index contributed by atoms with van der Waals surface area (Å²) in [6, 6.07) is 12.2. The van der Waals surface area contributed by atoms with Gasteiger partial charge in [0, 0.05) is 31.1 Å². The summed E-state index contributed by atoms with van der Waals surface area (Å²) in [7, 11) is 1.45. The normalized spacial score (nSPS) is 12.2. The molecule has 0 aliphatic rings. The maximum Gasteiger partial charge on any atom is 0.392 e. The van der Waals surface area contributed by atoms with Gasteiger partial charge in [-0.15, -0.1) is 0 Å². The van der Waals surface area contributed by atoms with Crippen LogP contribution >= 0.6 is 0 Å². The predicted molar refractivity (Wildman–Crippen MR) is 135 cm³/mol. The third-order valence-electron chi connectivity index (χ3n) is 4.99. The standard InChI is InChI=1S/C26H33F3N4O3/c1-25(2,3)16-23(35)32-19-7-5-6-18(15-19)20-10-8-17(9-11-22(34)33-24(30)31-4)14-21(20)36-13-12-26(27,28)29/h5-8,10,14-15H,9,11-13,16H2,1-4H3,(H,32,35)(H3,30,31,33,34). The van der Waals surface area contributed by atoms with Gasteiger partial charge in [0.15, 0.2) is 5.96 Å². The first-order chi connectivity index (χ1) is 16.8. The molecule has 0 fully saturated rings. The fraction of sp³-hybridized carbons (Fsp3) is 0.423. The highest BCUT2D eigenvalue weighted by Crippen LogP contribution is 2.34. The van der Waals surface area contributed by atoms with Crippen LogP contribution in [0.2, 0.25) is 0 Å². The van der Waals surface area contributed by atoms with Gasteiger partial charge in [-0.25, -0.2) is 0 Å². The molecule has 0 aliphatic carbocycles. The molecule has 0 bridgehead atoms. The topological polar surface area (TPSA) is 106 Å². The van der Waals surface area contributed by atoms with Crippen molar-refractivity contribution in [3.63, 3.8) is 0 Å². The third kappa shape index (κ3) is 10.4. The highest BCUT2D eigenvalue weighted by molar-refractivity contribution is 5.96. The zero-order chi connectivity index (χ0) is 26.9. The highest BCUT2D eigenvalue weighted by Gasteiger charge is 2.27. The summed E-state index contributed by atoms with van der Waals surface area (Å²) >= 11 is 0. The number of halogens is 3. The number of nitrogens with two attached hydrogens (primary N) is 1. The molecule has 2 rings (SSSR count). The minimum absolute atomic E-state index is 0.000920. The summed E-state index contributed by atoms with van der Waals surface area (Å²) in [6.45, 7) is 5.34. The Morgan fingerprint density at radius 1 is 1.06 bits per heavy atom. The Kier molecular flexibility index (Phi) is 9.89. The van der Waals surface area contributed by atoms with Crippen LogP contribution in [0.4, 0.5) is 18.9 Å². The van der Waals surface area contributed by atoms with E-state index < -0.39 is 19.2 Å². The molecule has 7 nitrogen and oxygen atoms in total. The van der Waals surface area contributed by atoms with Gasteiger partial charge in [-0.3, -0.25) is 19.9 Å². The molecule has 196 valence electrons. The van der Waals surface area contributed by atoms with Crippen LogP contribution in [-0.4, -0.2) is 37.6 Å². The molecule has 0 spiro atoms. The van der Waals surface area contributed by atoms with E-state index in [0.717, 1.165) is 0 Å². The number of amides is 2. The van der Waals surface area contributed by atoms with Gasteiger partial charge >= 0.3 is 6.18 Å². The molecule has 4 N–H and O–H groups in total. The van der Waals surface area contributed by atoms with E-state index in [-0.39, 0.29) is 35.4 Å². The quantitative estimate of drug-likeness (QED) is 0.327. The number of nitrogens with zero attached hydrogens (tertiary/aromatic N) is 1. The van der Waals surface area contributed by atoms with Crippen molar-refractivity contribution in [3.8, 4) is 16.9 Å². The summed E-state index contributed by atoms with van der Waals surface area (Å²) in [6.07, 6.45) is -4.69. The molecule has 0 aromatic heterocycles. The lowest BCUT2D eigenvalue weighted by atomic mass is 9.92. The van der Waals surface area contributed by atoms with Gasteiger partial charge in [-0.2, -0.15) is 13.2 Å². The van der Waals surface area contributed by atoms with Crippen LogP contribution in [-0.2, 0) is 16.0 Å². The molecule has 2 aromatic carbocycles. The first-order valence-electron chi connectivity index (χ1n) is 11.5. The second-order valence-electron chi connectivity index (χ2n) is 9.57. The lowest BCUT2D eigenvalue weighted by Gasteiger charge is -2.18. The second kappa shape index (κ2) is 12.4. The maximum atomic E-state index is 12.7. The van der Waals surface area contributed by atoms with Gasteiger partial charge < -0.3 is 15.8 Å². The zero-order valence-electron chi connectivity index (χ0n) is 21.0. The molecular weight excluding hydrogens is 473 g/mol. The van der Waals surface area contributed by atoms with Crippen molar-refractivity contribution >= 4 is 23.5 Å². The molecule has 0 unspecified atom stereocenters. The molecule has 0 aliphatic heterocycles. The average Bonchev–Trinajstić information content (AvgIpc) is 2.75. The van der Waals surface area contributed by atoms with Crippen LogP contribution in [0.15, 0.2) is 47.5 Å². The van der Waals surface area contributed by atoms with Crippen LogP contribution < -0.4 is 21.1 Å². The number of anilines is 1. The van der Waals surface area contributed by atoms with E-state index in [1.807, 2.05) is 20.8 Å². The average molecular weight is 507 g/mol. The number of carbonyl (C=O) groups is 2. The van der Waals surface area contributed by atoms with Crippen molar-refractivity contribution in [2.75, 3.05) is 19.0 Å². The predicted octanol–water partition coefficient (Wildman–Crippen LogP) is 5.05. The van der Waals surface area contributed by atoms with Crippen LogP contribution in [0.5, 0.6) is 5.75 Å². The summed E-state index contributed by atoms with van der Waals surface area (Å²) < 4.78 is 43.7. The van der Waals surface area contributed by atoms with E-state index in [0.29, 0.717) is 35.2 Å². The number of hydrogen-bond donors (Lipinski definition) is 3. The first kappa shape index (κ1) is 28.7. The summed E-state index contributed by atoms with van der Waals surface area (Å²) in [5.74, 6) is -0.213. The van der Waals surface area contributed by atoms with E-state index in [2.05, 4.69) is 15.6 Å². The molecule has 0 heterocycles. The number of rotatable bonds is 9. The van der Waals surface area contributed by atoms with Crippen molar-refractivity contribution in [1.82, 2.24) is 5.32 Å². The minimum atomic E-state index is -4.35. The van der Waals surface area contributed by atoms with Gasteiger partial charge in [-0.05, 0) is 41.2 Å². The van der Waals surface area contributed by atoms with Gasteiger partial charge in [0.2, 0.25) is 11.8 Å². The molecule has 0 saturated carbocycles. The molecule has 0 saturated heterocycles. The third-order valence-corrected chi connectivity index (χ3v) is 4.99. The summed E-state index contributed by atoms with van der Waals surface area (Å²) in [4.78, 5) is 28.0. The Balaban J connectivity index is 2.26. The number of alkyl halides is 3. The van der Waals surface area contributed by atoms with Crippen molar-refractivity contribution < 1.29 is 27.5 Å². The van der Waals surface area contributed by atoms with Crippen LogP contribution in [0, 0.1) is 5.41 Å². The molecular formula is C26H33F3N4O3. The van der Waals surface area contributed by atoms with Crippen molar-refractivity contribution in [1.29, 1.82) is 0 Å². The van der Waals surface area contributed by atoms with Crippen molar-refractivity contribution in [3.05, 3.63) is 48.0 Å². The largest absolute Gasteiger partial charge is 0.493 e. The van der Waals surface area contributed by atoms with Gasteiger partial charge in [-0.1, -0.05) is 45.0 Å². The minimum Gasteiger partial charge on any atom is -0.493 e. The smallest absolute Gasteiger partial charge is 0.392 e. The fourth-order valence-corrected chi connectivity index (χ4v) is 3.33. The molecule has 2 amide bonds. The number of hydrogen-bond acceptors (Lipinski definition) is 4. The molecule has 2 aromatic rings. The SMILES string of the molecule is CN=C(N)NC(=O)CCc1ccc(-c2cccc(NC(=O)CC(C)(C)C)c2)c(OCCC(F)(F)F)c1. The van der Waals surface area contributed by atoms with Gasteiger partial charge in [0.05, 0.1) is 13.0 Å². The molecule has 0 atom stereocenters. The monoisotopic (exact) mass is 506 g/mol. The first-order valence-corrected chi connectivity index (χ1v) is 11.5. The van der Waals surface area contributed by atoms with E-state index in [4.69, 9.17) is 10.5 Å². The number of nitrogens with one attached hydrogen (secondary N) is 2. The fourth-order valence-electron chi connectivity index (χ4n) is 3.33. The van der Waals surface area contributed by atoms with Crippen molar-refractivity contribution in [2.24, 2.45) is 16.1 Å². The van der Waals surface area contributed by atoms with Crippen LogP contribution in [0.1, 0.15) is 45.6 Å². The van der Waals surface area contributed by atoms with E-state index in [1.54, 1.807) is 42.5 Å². The summed E-state index contributed by atoms with van der Waals surface area (Å²) in [5, 5.41) is 5.30. The van der Waals surface area contributed by atoms with Crippen molar-refractivity contribution in [2.45, 2.75) is 52.6 Å². The number of ether oxygens (including phenoxy) is 1. The maximum absolute atomic E-state index is 12.7. The number of aliphatic imine (C=N–C) groups is 1. The molecule has 10 heteroatoms. The zero-order valence-corrected chi connectivity index (χ0v) is 21.0. The van der Waals surface area contributed by atoms with Crippen LogP contribution in [0.25, 0.3) is 11.1 Å². The lowest BCUT2D eigenvalue weighted by molar-refractivity contribution is -0.139. The lowest BCUT2D eigenvalue weighted by Crippen LogP contribution is -2.36. The van der Waals surface area contributed by atoms with Gasteiger partial charge in [0.1, 0.15) is 5.75 Å². The van der Waals surface area contributed by atoms with Crippen LogP contribution in [0.3, 0.4) is 0 Å². The Labute approximate surface area is 209 Å². The Morgan fingerprint density at radius 3 is 2.42 bits per heavy atom. The highest BCUT2D eigenvalue weighted by atomic mass is 19.4. The molecule has 0 radical (unpaired) electrons. The Bertz CT molecular complexity index is 1090. The Hall–Kier alpha value is -3.56. The number of benzene rings is 2.